The van der Waals surface area contributed by atoms with Crippen LogP contribution in [0.25, 0.3) is 0 Å². The van der Waals surface area contributed by atoms with E-state index in [0.29, 0.717) is 18.7 Å². The van der Waals surface area contributed by atoms with Crippen molar-refractivity contribution in [1.29, 1.82) is 0 Å². The van der Waals surface area contributed by atoms with Crippen molar-refractivity contribution in [2.24, 2.45) is 0 Å². The number of hydrogen-bond acceptors (Lipinski definition) is 4. The summed E-state index contributed by atoms with van der Waals surface area (Å²) in [6, 6.07) is 3.57. The fraction of sp³-hybridized carbons (Fsp3) is 0.692. The Hall–Kier alpha value is -0.810. The molecule has 5 heteroatoms. The zero-order valence-corrected chi connectivity index (χ0v) is 12.4. The summed E-state index contributed by atoms with van der Waals surface area (Å²) < 4.78 is 28.8. The van der Waals surface area contributed by atoms with Crippen LogP contribution in [0, 0.1) is 0 Å². The van der Waals surface area contributed by atoms with Gasteiger partial charge in [0.15, 0.2) is 9.84 Å². The van der Waals surface area contributed by atoms with Crippen LogP contribution in [0.2, 0.25) is 0 Å². The SMILES string of the molecule is CCCS(=O)(=O)Cc1ccc(CNC(C)(C)C)o1. The summed E-state index contributed by atoms with van der Waals surface area (Å²) in [5, 5.41) is 3.30. The molecule has 0 unspecified atom stereocenters. The van der Waals surface area contributed by atoms with Gasteiger partial charge in [-0.15, -0.1) is 0 Å². The van der Waals surface area contributed by atoms with Gasteiger partial charge in [0, 0.05) is 5.54 Å². The Morgan fingerprint density at radius 1 is 1.22 bits per heavy atom. The fourth-order valence-corrected chi connectivity index (χ4v) is 2.90. The van der Waals surface area contributed by atoms with Gasteiger partial charge in [-0.1, -0.05) is 6.92 Å². The average Bonchev–Trinajstić information content (AvgIpc) is 2.60. The van der Waals surface area contributed by atoms with Gasteiger partial charge in [-0.05, 0) is 39.3 Å². The molecular weight excluding hydrogens is 250 g/mol. The molecule has 1 heterocycles. The van der Waals surface area contributed by atoms with Gasteiger partial charge in [0.1, 0.15) is 17.3 Å². The maximum atomic E-state index is 11.7. The third-order valence-electron chi connectivity index (χ3n) is 2.39. The molecule has 0 saturated carbocycles. The van der Waals surface area contributed by atoms with Crippen molar-refractivity contribution in [3.8, 4) is 0 Å². The Morgan fingerprint density at radius 3 is 2.39 bits per heavy atom. The number of rotatable bonds is 6. The highest BCUT2D eigenvalue weighted by Crippen LogP contribution is 2.13. The lowest BCUT2D eigenvalue weighted by Crippen LogP contribution is -2.34. The fourth-order valence-electron chi connectivity index (χ4n) is 1.55. The van der Waals surface area contributed by atoms with Crippen LogP contribution in [0.1, 0.15) is 45.6 Å². The summed E-state index contributed by atoms with van der Waals surface area (Å²) in [5.41, 5.74) is 0.0151. The standard InChI is InChI=1S/C13H23NO3S/c1-5-8-18(15,16)10-12-7-6-11(17-12)9-14-13(2,3)4/h6-7,14H,5,8-10H2,1-4H3. The average molecular weight is 273 g/mol. The first-order valence-corrected chi connectivity index (χ1v) is 8.07. The maximum Gasteiger partial charge on any atom is 0.157 e. The van der Waals surface area contributed by atoms with Gasteiger partial charge in [-0.25, -0.2) is 8.42 Å². The summed E-state index contributed by atoms with van der Waals surface area (Å²) in [7, 11) is -3.03. The maximum absolute atomic E-state index is 11.7. The Labute approximate surface area is 110 Å². The number of sulfone groups is 1. The van der Waals surface area contributed by atoms with Gasteiger partial charge in [0.05, 0.1) is 12.3 Å². The quantitative estimate of drug-likeness (QED) is 0.865. The van der Waals surface area contributed by atoms with E-state index in [1.54, 1.807) is 6.07 Å². The second-order valence-corrected chi connectivity index (χ2v) is 7.75. The molecule has 1 N–H and O–H groups in total. The number of hydrogen-bond donors (Lipinski definition) is 1. The Bertz CT molecular complexity index is 469. The third-order valence-corrected chi connectivity index (χ3v) is 4.14. The minimum atomic E-state index is -3.03. The van der Waals surface area contributed by atoms with Gasteiger partial charge < -0.3 is 9.73 Å². The zero-order chi connectivity index (χ0) is 13.8. The molecule has 0 aromatic carbocycles. The molecular formula is C13H23NO3S. The lowest BCUT2D eigenvalue weighted by molar-refractivity contribution is 0.381. The van der Waals surface area contributed by atoms with Crippen LogP contribution in [0.5, 0.6) is 0 Å². The molecule has 0 aliphatic rings. The lowest BCUT2D eigenvalue weighted by atomic mass is 10.1. The molecule has 1 aromatic heterocycles. The lowest BCUT2D eigenvalue weighted by Gasteiger charge is -2.19. The number of furan rings is 1. The van der Waals surface area contributed by atoms with Crippen molar-refractivity contribution in [3.05, 3.63) is 23.7 Å². The number of nitrogens with one attached hydrogen (secondary N) is 1. The minimum absolute atomic E-state index is 0.00361. The molecule has 104 valence electrons. The molecule has 0 fully saturated rings. The summed E-state index contributed by atoms with van der Waals surface area (Å²) >= 11 is 0. The molecule has 0 radical (unpaired) electrons. The molecule has 18 heavy (non-hydrogen) atoms. The molecule has 0 aliphatic carbocycles. The molecule has 0 amide bonds. The second kappa shape index (κ2) is 5.89. The Kier molecular flexibility index (Phi) is 4.99. The van der Waals surface area contributed by atoms with Crippen molar-refractivity contribution in [2.45, 2.75) is 52.0 Å². The van der Waals surface area contributed by atoms with Crippen LogP contribution < -0.4 is 5.32 Å². The van der Waals surface area contributed by atoms with Gasteiger partial charge in [-0.3, -0.25) is 0 Å². The Morgan fingerprint density at radius 2 is 1.83 bits per heavy atom. The van der Waals surface area contributed by atoms with Crippen LogP contribution >= 0.6 is 0 Å². The molecule has 0 atom stereocenters. The van der Waals surface area contributed by atoms with E-state index < -0.39 is 9.84 Å². The van der Waals surface area contributed by atoms with Crippen molar-refractivity contribution >= 4 is 9.84 Å². The van der Waals surface area contributed by atoms with Crippen LogP contribution in [-0.2, 0) is 22.1 Å². The molecule has 0 aliphatic heterocycles. The van der Waals surface area contributed by atoms with Crippen LogP contribution in [-0.4, -0.2) is 19.7 Å². The molecule has 1 aromatic rings. The topological polar surface area (TPSA) is 59.3 Å². The molecule has 0 spiro atoms. The molecule has 1 rings (SSSR count). The largest absolute Gasteiger partial charge is 0.464 e. The van der Waals surface area contributed by atoms with Crippen LogP contribution in [0.15, 0.2) is 16.5 Å². The molecule has 0 saturated heterocycles. The summed E-state index contributed by atoms with van der Waals surface area (Å²) in [5.74, 6) is 1.50. The first-order valence-electron chi connectivity index (χ1n) is 6.25. The minimum Gasteiger partial charge on any atom is -0.464 e. The van der Waals surface area contributed by atoms with E-state index in [1.807, 2.05) is 13.0 Å². The molecule has 4 nitrogen and oxygen atoms in total. The highest BCUT2D eigenvalue weighted by atomic mass is 32.2. The van der Waals surface area contributed by atoms with E-state index in [-0.39, 0.29) is 17.0 Å². The Balaban J connectivity index is 2.59. The van der Waals surface area contributed by atoms with Crippen molar-refractivity contribution in [1.82, 2.24) is 5.32 Å². The highest BCUT2D eigenvalue weighted by Gasteiger charge is 2.15. The second-order valence-electron chi connectivity index (χ2n) is 5.56. The normalized spacial score (nSPS) is 12.9. The van der Waals surface area contributed by atoms with E-state index in [2.05, 4.69) is 26.1 Å². The van der Waals surface area contributed by atoms with E-state index in [9.17, 15) is 8.42 Å². The van der Waals surface area contributed by atoms with Crippen LogP contribution in [0.3, 0.4) is 0 Å². The smallest absolute Gasteiger partial charge is 0.157 e. The van der Waals surface area contributed by atoms with Gasteiger partial charge in [0.2, 0.25) is 0 Å². The summed E-state index contributed by atoms with van der Waals surface area (Å²) in [6.45, 7) is 8.68. The predicted molar refractivity (Wildman–Crippen MR) is 73.1 cm³/mol. The predicted octanol–water partition coefficient (Wildman–Crippen LogP) is 2.49. The van der Waals surface area contributed by atoms with E-state index in [0.717, 1.165) is 5.76 Å². The zero-order valence-electron chi connectivity index (χ0n) is 11.6. The van der Waals surface area contributed by atoms with E-state index in [4.69, 9.17) is 4.42 Å². The monoisotopic (exact) mass is 273 g/mol. The first-order chi connectivity index (χ1) is 8.22. The molecule has 0 bridgehead atoms. The highest BCUT2D eigenvalue weighted by molar-refractivity contribution is 7.90. The third kappa shape index (κ3) is 5.69. The van der Waals surface area contributed by atoms with Gasteiger partial charge in [0.25, 0.3) is 0 Å². The van der Waals surface area contributed by atoms with E-state index >= 15 is 0 Å². The van der Waals surface area contributed by atoms with Gasteiger partial charge >= 0.3 is 0 Å². The summed E-state index contributed by atoms with van der Waals surface area (Å²) in [4.78, 5) is 0. The van der Waals surface area contributed by atoms with Crippen LogP contribution in [0.4, 0.5) is 0 Å². The first kappa shape index (κ1) is 15.2. The van der Waals surface area contributed by atoms with E-state index in [1.165, 1.54) is 0 Å². The van der Waals surface area contributed by atoms with Crippen molar-refractivity contribution in [3.63, 3.8) is 0 Å². The van der Waals surface area contributed by atoms with Crippen molar-refractivity contribution in [2.75, 3.05) is 5.75 Å². The van der Waals surface area contributed by atoms with Crippen molar-refractivity contribution < 1.29 is 12.8 Å². The summed E-state index contributed by atoms with van der Waals surface area (Å²) in [6.07, 6.45) is 0.640. The van der Waals surface area contributed by atoms with Gasteiger partial charge in [-0.2, -0.15) is 0 Å².